The van der Waals surface area contributed by atoms with E-state index in [9.17, 15) is 13.6 Å². The van der Waals surface area contributed by atoms with Crippen molar-refractivity contribution in [3.8, 4) is 0 Å². The van der Waals surface area contributed by atoms with Crippen LogP contribution in [-0.4, -0.2) is 42.0 Å². The third kappa shape index (κ3) is 6.25. The number of rotatable bonds is 4. The predicted molar refractivity (Wildman–Crippen MR) is 163 cm³/mol. The number of fused-ring (bicyclic) bond motifs is 1. The van der Waals surface area contributed by atoms with Crippen LogP contribution in [-0.2, 0) is 5.41 Å². The van der Waals surface area contributed by atoms with Crippen molar-refractivity contribution in [1.82, 2.24) is 9.88 Å². The zero-order valence-electron chi connectivity index (χ0n) is 22.9. The molecule has 1 aliphatic rings. The van der Waals surface area contributed by atoms with E-state index in [1.807, 2.05) is 46.2 Å². The summed E-state index contributed by atoms with van der Waals surface area (Å²) >= 11 is 3.54. The SMILES string of the molecule is CC(C)(C)c1ccc(/C=C/c2cc(C(=O)N3CCCN(c4ccc(F)c(F)c4)CC3)c3cc(Br)ccc3n2)cc1. The second-order valence-corrected chi connectivity index (χ2v) is 12.1. The first-order valence-electron chi connectivity index (χ1n) is 13.5. The number of anilines is 1. The highest BCUT2D eigenvalue weighted by Gasteiger charge is 2.23. The molecule has 0 atom stereocenters. The van der Waals surface area contributed by atoms with Crippen LogP contribution in [0.4, 0.5) is 14.5 Å². The number of halogens is 3. The van der Waals surface area contributed by atoms with E-state index < -0.39 is 11.6 Å². The zero-order valence-corrected chi connectivity index (χ0v) is 24.5. The first kappa shape index (κ1) is 28.0. The van der Waals surface area contributed by atoms with E-state index in [0.717, 1.165) is 33.4 Å². The molecule has 0 bridgehead atoms. The Kier molecular flexibility index (Phi) is 8.04. The largest absolute Gasteiger partial charge is 0.370 e. The molecule has 7 heteroatoms. The van der Waals surface area contributed by atoms with Gasteiger partial charge in [-0.05, 0) is 65.4 Å². The molecular weight excluding hydrogens is 572 g/mol. The van der Waals surface area contributed by atoms with Crippen LogP contribution in [0.3, 0.4) is 0 Å². The van der Waals surface area contributed by atoms with Crippen LogP contribution < -0.4 is 4.90 Å². The van der Waals surface area contributed by atoms with Gasteiger partial charge in [0.15, 0.2) is 11.6 Å². The van der Waals surface area contributed by atoms with Crippen molar-refractivity contribution in [3.63, 3.8) is 0 Å². The van der Waals surface area contributed by atoms with Gasteiger partial charge in [0.2, 0.25) is 0 Å². The molecule has 0 saturated carbocycles. The standard InChI is InChI=1S/C33H32BrF2N3O/c1-33(2,3)23-8-5-22(6-9-23)7-11-25-20-28(27-19-24(34)10-14-31(27)37-25)32(40)39-16-4-15-38(17-18-39)26-12-13-29(35)30(36)21-26/h5-14,19-21H,4,15-18H2,1-3H3/b11-7+. The Balaban J connectivity index is 1.41. The number of aromatic nitrogens is 1. The van der Waals surface area contributed by atoms with Gasteiger partial charge in [-0.2, -0.15) is 0 Å². The minimum absolute atomic E-state index is 0.0678. The topological polar surface area (TPSA) is 36.4 Å². The Hall–Kier alpha value is -3.58. The lowest BCUT2D eigenvalue weighted by molar-refractivity contribution is 0.0769. The van der Waals surface area contributed by atoms with Gasteiger partial charge in [0.1, 0.15) is 0 Å². The molecule has 0 spiro atoms. The van der Waals surface area contributed by atoms with Crippen LogP contribution in [0.1, 0.15) is 54.4 Å². The molecule has 4 aromatic rings. The fourth-order valence-electron chi connectivity index (χ4n) is 4.99. The van der Waals surface area contributed by atoms with E-state index in [4.69, 9.17) is 4.98 Å². The Morgan fingerprint density at radius 1 is 0.875 bits per heavy atom. The Bertz CT molecular complexity index is 1580. The van der Waals surface area contributed by atoms with E-state index in [0.29, 0.717) is 43.1 Å². The number of pyridine rings is 1. The molecule has 5 rings (SSSR count). The maximum atomic E-state index is 13.9. The number of carbonyl (C=O) groups excluding carboxylic acids is 1. The van der Waals surface area contributed by atoms with Crippen molar-refractivity contribution in [1.29, 1.82) is 0 Å². The molecule has 1 saturated heterocycles. The first-order chi connectivity index (χ1) is 19.1. The third-order valence-corrected chi connectivity index (χ3v) is 7.79. The lowest BCUT2D eigenvalue weighted by Crippen LogP contribution is -2.35. The molecule has 3 aromatic carbocycles. The van der Waals surface area contributed by atoms with E-state index in [-0.39, 0.29) is 11.3 Å². The molecule has 0 unspecified atom stereocenters. The number of carbonyl (C=O) groups is 1. The van der Waals surface area contributed by atoms with Crippen molar-refractivity contribution >= 4 is 50.6 Å². The average Bonchev–Trinajstić information content (AvgIpc) is 3.19. The summed E-state index contributed by atoms with van der Waals surface area (Å²) in [5.41, 5.74) is 5.08. The molecule has 1 aliphatic heterocycles. The van der Waals surface area contributed by atoms with E-state index in [1.165, 1.54) is 11.6 Å². The summed E-state index contributed by atoms with van der Waals surface area (Å²) in [6.07, 6.45) is 4.67. The summed E-state index contributed by atoms with van der Waals surface area (Å²) < 4.78 is 28.1. The quantitative estimate of drug-likeness (QED) is 0.236. The van der Waals surface area contributed by atoms with Crippen molar-refractivity contribution in [3.05, 3.63) is 105 Å². The summed E-state index contributed by atoms with van der Waals surface area (Å²) in [6, 6.07) is 20.0. The monoisotopic (exact) mass is 603 g/mol. The highest BCUT2D eigenvalue weighted by Crippen LogP contribution is 2.27. The van der Waals surface area contributed by atoms with Crippen LogP contribution in [0.25, 0.3) is 23.1 Å². The minimum atomic E-state index is -0.866. The van der Waals surface area contributed by atoms with Crippen LogP contribution in [0, 0.1) is 11.6 Å². The van der Waals surface area contributed by atoms with E-state index >= 15 is 0 Å². The molecule has 206 valence electrons. The van der Waals surface area contributed by atoms with Crippen LogP contribution >= 0.6 is 15.9 Å². The Morgan fingerprint density at radius 2 is 1.65 bits per heavy atom. The molecule has 2 heterocycles. The highest BCUT2D eigenvalue weighted by molar-refractivity contribution is 9.10. The molecular formula is C33H32BrF2N3O. The van der Waals surface area contributed by atoms with Gasteiger partial charge in [-0.15, -0.1) is 0 Å². The van der Waals surface area contributed by atoms with Crippen molar-refractivity contribution < 1.29 is 13.6 Å². The summed E-state index contributed by atoms with van der Waals surface area (Å²) in [5, 5.41) is 0.785. The second-order valence-electron chi connectivity index (χ2n) is 11.2. The summed E-state index contributed by atoms with van der Waals surface area (Å²) in [7, 11) is 0. The predicted octanol–water partition coefficient (Wildman–Crippen LogP) is 8.10. The van der Waals surface area contributed by atoms with Gasteiger partial charge in [0, 0.05) is 47.8 Å². The van der Waals surface area contributed by atoms with Gasteiger partial charge in [-0.1, -0.05) is 67.0 Å². The third-order valence-electron chi connectivity index (χ3n) is 7.30. The molecule has 0 radical (unpaired) electrons. The number of nitrogens with zero attached hydrogens (tertiary/aromatic N) is 3. The first-order valence-corrected chi connectivity index (χ1v) is 14.3. The van der Waals surface area contributed by atoms with Crippen molar-refractivity contribution in [2.75, 3.05) is 31.1 Å². The number of hydrogen-bond acceptors (Lipinski definition) is 3. The van der Waals surface area contributed by atoms with Crippen LogP contribution in [0.2, 0.25) is 0 Å². The fourth-order valence-corrected chi connectivity index (χ4v) is 5.35. The Morgan fingerprint density at radius 3 is 2.38 bits per heavy atom. The maximum absolute atomic E-state index is 13.9. The maximum Gasteiger partial charge on any atom is 0.254 e. The summed E-state index contributed by atoms with van der Waals surface area (Å²) in [4.78, 5) is 22.6. The molecule has 1 fully saturated rings. The van der Waals surface area contributed by atoms with Gasteiger partial charge in [-0.25, -0.2) is 13.8 Å². The summed E-state index contributed by atoms with van der Waals surface area (Å²) in [6.45, 7) is 8.80. The van der Waals surface area contributed by atoms with Crippen molar-refractivity contribution in [2.45, 2.75) is 32.6 Å². The molecule has 4 nitrogen and oxygen atoms in total. The molecule has 0 N–H and O–H groups in total. The average molecular weight is 605 g/mol. The minimum Gasteiger partial charge on any atom is -0.370 e. The van der Waals surface area contributed by atoms with Crippen molar-refractivity contribution in [2.24, 2.45) is 0 Å². The number of benzene rings is 3. The molecule has 1 aromatic heterocycles. The van der Waals surface area contributed by atoms with Crippen LogP contribution in [0.15, 0.2) is 71.2 Å². The van der Waals surface area contributed by atoms with Gasteiger partial charge >= 0.3 is 0 Å². The molecule has 40 heavy (non-hydrogen) atoms. The van der Waals surface area contributed by atoms with Gasteiger partial charge in [0.05, 0.1) is 16.8 Å². The number of amides is 1. The fraction of sp³-hybridized carbons (Fsp3) is 0.273. The van der Waals surface area contributed by atoms with Gasteiger partial charge in [0.25, 0.3) is 5.91 Å². The zero-order chi connectivity index (χ0) is 28.4. The summed E-state index contributed by atoms with van der Waals surface area (Å²) in [5.74, 6) is -1.80. The van der Waals surface area contributed by atoms with Crippen LogP contribution in [0.5, 0.6) is 0 Å². The molecule has 1 amide bonds. The lowest BCUT2D eigenvalue weighted by atomic mass is 9.87. The second kappa shape index (κ2) is 11.5. The smallest absolute Gasteiger partial charge is 0.254 e. The lowest BCUT2D eigenvalue weighted by Gasteiger charge is -2.24. The number of hydrogen-bond donors (Lipinski definition) is 0. The van der Waals surface area contributed by atoms with E-state index in [2.05, 4.69) is 61.0 Å². The molecule has 0 aliphatic carbocycles. The van der Waals surface area contributed by atoms with Gasteiger partial charge < -0.3 is 9.80 Å². The Labute approximate surface area is 242 Å². The van der Waals surface area contributed by atoms with E-state index in [1.54, 1.807) is 6.07 Å². The highest BCUT2D eigenvalue weighted by atomic mass is 79.9. The van der Waals surface area contributed by atoms with Gasteiger partial charge in [-0.3, -0.25) is 4.79 Å². The normalized spacial score (nSPS) is 14.7.